The summed E-state index contributed by atoms with van der Waals surface area (Å²) in [6, 6.07) is 0. The monoisotopic (exact) mass is 1040 g/mol. The second-order valence-corrected chi connectivity index (χ2v) is 19.0. The molecule has 2 rings (SSSR count). The lowest BCUT2D eigenvalue weighted by Crippen LogP contribution is -2.61. The topological polar surface area (TPSA) is 231 Å². The van der Waals surface area contributed by atoms with Crippen molar-refractivity contribution >= 4 is 11.9 Å². The molecule has 15 nitrogen and oxygen atoms in total. The van der Waals surface area contributed by atoms with Crippen LogP contribution in [0.3, 0.4) is 0 Å². The fourth-order valence-electron chi connectivity index (χ4n) is 7.96. The van der Waals surface area contributed by atoms with Gasteiger partial charge in [0.05, 0.1) is 19.8 Å². The molecule has 0 aromatic heterocycles. The Morgan fingerprint density at radius 1 is 0.432 bits per heavy atom. The van der Waals surface area contributed by atoms with Crippen LogP contribution in [0, 0.1) is 0 Å². The highest BCUT2D eigenvalue weighted by atomic mass is 16.7. The molecule has 0 amide bonds. The summed E-state index contributed by atoms with van der Waals surface area (Å²) in [5, 5.41) is 72.2. The molecule has 0 aliphatic carbocycles. The van der Waals surface area contributed by atoms with Crippen LogP contribution in [-0.2, 0) is 38.0 Å². The van der Waals surface area contributed by atoms with Crippen LogP contribution < -0.4 is 0 Å². The van der Waals surface area contributed by atoms with Crippen LogP contribution >= 0.6 is 0 Å². The maximum Gasteiger partial charge on any atom is 0.306 e. The summed E-state index contributed by atoms with van der Waals surface area (Å²) < 4.78 is 33.5. The third-order valence-electron chi connectivity index (χ3n) is 12.5. The zero-order valence-corrected chi connectivity index (χ0v) is 44.8. The number of ether oxygens (including phenoxy) is 6. The van der Waals surface area contributed by atoms with Crippen molar-refractivity contribution < 1.29 is 73.8 Å². The first-order valence-electron chi connectivity index (χ1n) is 27.8. The third kappa shape index (κ3) is 31.5. The van der Waals surface area contributed by atoms with E-state index in [9.17, 15) is 45.3 Å². The zero-order valence-electron chi connectivity index (χ0n) is 44.8. The van der Waals surface area contributed by atoms with E-state index in [1.165, 1.54) is 51.4 Å². The second-order valence-electron chi connectivity index (χ2n) is 19.0. The molecule has 2 aliphatic rings. The molecule has 11 atom stereocenters. The molecule has 422 valence electrons. The van der Waals surface area contributed by atoms with Gasteiger partial charge in [-0.05, 0) is 89.9 Å². The minimum Gasteiger partial charge on any atom is -0.462 e. The van der Waals surface area contributed by atoms with Crippen LogP contribution in [0.15, 0.2) is 97.2 Å². The summed E-state index contributed by atoms with van der Waals surface area (Å²) in [5.41, 5.74) is 0. The minimum atomic E-state index is -1.79. The number of hydrogen-bond donors (Lipinski definition) is 7. The largest absolute Gasteiger partial charge is 0.462 e. The van der Waals surface area contributed by atoms with Gasteiger partial charge < -0.3 is 64.2 Å². The van der Waals surface area contributed by atoms with E-state index in [4.69, 9.17) is 28.4 Å². The molecule has 74 heavy (non-hydrogen) atoms. The number of hydrogen-bond acceptors (Lipinski definition) is 15. The predicted molar refractivity (Wildman–Crippen MR) is 288 cm³/mol. The normalized spacial score (nSPS) is 25.4. The fourth-order valence-corrected chi connectivity index (χ4v) is 7.96. The van der Waals surface area contributed by atoms with E-state index in [0.717, 1.165) is 70.6 Å². The minimum absolute atomic E-state index is 0.0765. The SMILES string of the molecule is CCC/C=C/C/C=C/C/C=C/C/C=C/CCCCCC(=O)OC[C@H](CO[C@H]1O[C@@H](CO[C@H]2O[C@@H](CO)[C@@H](O)C(O)C2O)[C@@H](O)C(O)C1O)OC(=O)CCC/C=C/C/C=C/C/C=C/C/C=C/CCCCCCCCC. The first kappa shape index (κ1) is 66.5. The molecule has 2 heterocycles. The van der Waals surface area contributed by atoms with Crippen molar-refractivity contribution in [1.82, 2.24) is 0 Å². The summed E-state index contributed by atoms with van der Waals surface area (Å²) in [6.07, 6.45) is 40.1. The van der Waals surface area contributed by atoms with Crippen LogP contribution in [0.4, 0.5) is 0 Å². The van der Waals surface area contributed by atoms with Crippen molar-refractivity contribution in [2.24, 2.45) is 0 Å². The number of aliphatic hydroxyl groups is 7. The molecule has 2 fully saturated rings. The van der Waals surface area contributed by atoms with E-state index in [0.29, 0.717) is 19.3 Å². The smallest absolute Gasteiger partial charge is 0.306 e. The lowest BCUT2D eigenvalue weighted by molar-refractivity contribution is -0.332. The van der Waals surface area contributed by atoms with Gasteiger partial charge in [0.25, 0.3) is 0 Å². The van der Waals surface area contributed by atoms with Crippen LogP contribution in [0.1, 0.15) is 168 Å². The molecule has 4 unspecified atom stereocenters. The summed E-state index contributed by atoms with van der Waals surface area (Å²) in [5.74, 6) is -1.03. The van der Waals surface area contributed by atoms with Gasteiger partial charge in [0.15, 0.2) is 18.7 Å². The van der Waals surface area contributed by atoms with Gasteiger partial charge in [0.1, 0.15) is 55.4 Å². The van der Waals surface area contributed by atoms with Gasteiger partial charge in [-0.15, -0.1) is 0 Å². The van der Waals surface area contributed by atoms with Gasteiger partial charge in [-0.25, -0.2) is 0 Å². The van der Waals surface area contributed by atoms with E-state index in [1.807, 2.05) is 12.2 Å². The Hall–Kier alpha value is -3.58. The van der Waals surface area contributed by atoms with Gasteiger partial charge in [-0.3, -0.25) is 9.59 Å². The highest BCUT2D eigenvalue weighted by molar-refractivity contribution is 5.70. The lowest BCUT2D eigenvalue weighted by atomic mass is 9.98. The van der Waals surface area contributed by atoms with Crippen LogP contribution in [0.25, 0.3) is 0 Å². The zero-order chi connectivity index (χ0) is 53.9. The number of allylic oxidation sites excluding steroid dienone is 16. The molecular formula is C59H96O15. The Bertz CT molecular complexity index is 1650. The predicted octanol–water partition coefficient (Wildman–Crippen LogP) is 8.93. The number of unbranched alkanes of at least 4 members (excludes halogenated alkanes) is 12. The molecule has 7 N–H and O–H groups in total. The average molecular weight is 1050 g/mol. The van der Waals surface area contributed by atoms with Crippen molar-refractivity contribution in [2.45, 2.75) is 235 Å². The van der Waals surface area contributed by atoms with Gasteiger partial charge in [0.2, 0.25) is 0 Å². The van der Waals surface area contributed by atoms with E-state index in [2.05, 4.69) is 98.9 Å². The fraction of sp³-hybridized carbons (Fsp3) is 0.695. The van der Waals surface area contributed by atoms with E-state index >= 15 is 0 Å². The summed E-state index contributed by atoms with van der Waals surface area (Å²) in [6.45, 7) is 2.42. The van der Waals surface area contributed by atoms with Crippen LogP contribution in [0.2, 0.25) is 0 Å². The Morgan fingerprint density at radius 2 is 0.851 bits per heavy atom. The van der Waals surface area contributed by atoms with Crippen molar-refractivity contribution in [3.8, 4) is 0 Å². The maximum absolute atomic E-state index is 13.0. The van der Waals surface area contributed by atoms with E-state index < -0.39 is 99.3 Å². The molecule has 15 heteroatoms. The highest BCUT2D eigenvalue weighted by Gasteiger charge is 2.47. The number of esters is 2. The van der Waals surface area contributed by atoms with Gasteiger partial charge in [-0.1, -0.05) is 162 Å². The lowest BCUT2D eigenvalue weighted by Gasteiger charge is -2.42. The van der Waals surface area contributed by atoms with Gasteiger partial charge in [0, 0.05) is 12.8 Å². The summed E-state index contributed by atoms with van der Waals surface area (Å²) in [4.78, 5) is 25.8. The second kappa shape index (κ2) is 44.5. The quantitative estimate of drug-likeness (QED) is 0.0172. The van der Waals surface area contributed by atoms with E-state index in [-0.39, 0.29) is 19.4 Å². The molecule has 0 saturated carbocycles. The first-order valence-corrected chi connectivity index (χ1v) is 27.8. The van der Waals surface area contributed by atoms with Crippen molar-refractivity contribution in [3.05, 3.63) is 97.2 Å². The van der Waals surface area contributed by atoms with Crippen LogP contribution in [0.5, 0.6) is 0 Å². The number of carbonyl (C=O) groups excluding carboxylic acids is 2. The van der Waals surface area contributed by atoms with Gasteiger partial charge in [-0.2, -0.15) is 0 Å². The van der Waals surface area contributed by atoms with E-state index in [1.54, 1.807) is 0 Å². The molecule has 0 aromatic carbocycles. The number of aliphatic hydroxyl groups excluding tert-OH is 7. The van der Waals surface area contributed by atoms with Gasteiger partial charge >= 0.3 is 11.9 Å². The molecule has 2 saturated heterocycles. The Kier molecular flexibility index (Phi) is 40.0. The molecule has 0 bridgehead atoms. The Morgan fingerprint density at radius 3 is 1.36 bits per heavy atom. The Labute approximate surface area is 443 Å². The molecular weight excluding hydrogens is 949 g/mol. The maximum atomic E-state index is 13.0. The highest BCUT2D eigenvalue weighted by Crippen LogP contribution is 2.26. The molecule has 2 aliphatic heterocycles. The number of carbonyl (C=O) groups is 2. The summed E-state index contributed by atoms with van der Waals surface area (Å²) in [7, 11) is 0. The number of rotatable bonds is 42. The first-order chi connectivity index (χ1) is 36.0. The summed E-state index contributed by atoms with van der Waals surface area (Å²) >= 11 is 0. The Balaban J connectivity index is 1.83. The van der Waals surface area contributed by atoms with Crippen molar-refractivity contribution in [3.63, 3.8) is 0 Å². The molecule has 0 radical (unpaired) electrons. The standard InChI is InChI=1S/C59H96O15/c1-3-5-7-9-11-13-15-17-19-21-22-23-24-26-28-30-32-34-36-38-40-42-51(62)72-47(44-69-50(61)41-39-37-35-33-31-29-27-25-20-18-16-14-12-10-8-6-4-2)45-70-58-57(68)55(66)53(64)49(74-58)46-71-59-56(67)54(65)52(63)48(43-60)73-59/h8,10,14,16,19-21,23-25,28-31,34,36,47-49,52-60,63-68H,3-7,9,11-13,15,17-18,22,26-27,32-33,35,37-46H2,1-2H3/b10-8+,16-14+,21-19+,24-23+,25-20+,30-28+,31-29+,36-34+/t47-,48+,49+,52-,53-,54?,55?,56?,57?,58+,59+/m1/s1. The van der Waals surface area contributed by atoms with Crippen LogP contribution in [-0.4, -0.2) is 142 Å². The van der Waals surface area contributed by atoms with Crippen molar-refractivity contribution in [2.75, 3.05) is 26.4 Å². The average Bonchev–Trinajstić information content (AvgIpc) is 3.39. The van der Waals surface area contributed by atoms with Crippen molar-refractivity contribution in [1.29, 1.82) is 0 Å². The molecule has 0 aromatic rings. The third-order valence-corrected chi connectivity index (χ3v) is 12.5. The molecule has 0 spiro atoms.